The Kier molecular flexibility index (Phi) is 5.19. The van der Waals surface area contributed by atoms with Crippen LogP contribution in [0.25, 0.3) is 11.3 Å². The SMILES string of the molecule is Brc1cccc(-c2csc(=Nc3cccnc3)n2N=Cc2ccsc2)c1. The van der Waals surface area contributed by atoms with Gasteiger partial charge in [-0.2, -0.15) is 16.4 Å². The van der Waals surface area contributed by atoms with E-state index in [2.05, 4.69) is 43.8 Å². The summed E-state index contributed by atoms with van der Waals surface area (Å²) in [6, 6.07) is 14.0. The van der Waals surface area contributed by atoms with Crippen molar-refractivity contribution in [2.24, 2.45) is 10.1 Å². The minimum atomic E-state index is 0.791. The minimum absolute atomic E-state index is 0.791. The number of benzene rings is 1. The Balaban J connectivity index is 1.86. The van der Waals surface area contributed by atoms with Crippen molar-refractivity contribution in [3.05, 3.63) is 85.8 Å². The molecule has 26 heavy (non-hydrogen) atoms. The zero-order valence-electron chi connectivity index (χ0n) is 13.5. The molecule has 1 aromatic carbocycles. The predicted octanol–water partition coefficient (Wildman–Crippen LogP) is 5.55. The second kappa shape index (κ2) is 7.90. The van der Waals surface area contributed by atoms with Crippen LogP contribution in [-0.4, -0.2) is 15.9 Å². The number of thiophene rings is 1. The van der Waals surface area contributed by atoms with E-state index in [0.29, 0.717) is 0 Å². The molecule has 4 aromatic rings. The van der Waals surface area contributed by atoms with E-state index in [-0.39, 0.29) is 0 Å². The average Bonchev–Trinajstić information content (AvgIpc) is 3.31. The molecule has 0 fully saturated rings. The Hall–Kier alpha value is -2.35. The van der Waals surface area contributed by atoms with Crippen LogP contribution in [0.1, 0.15) is 5.56 Å². The van der Waals surface area contributed by atoms with Gasteiger partial charge < -0.3 is 0 Å². The minimum Gasteiger partial charge on any atom is -0.262 e. The van der Waals surface area contributed by atoms with Gasteiger partial charge in [-0.15, -0.1) is 11.3 Å². The van der Waals surface area contributed by atoms with Crippen LogP contribution < -0.4 is 4.80 Å². The molecule has 0 bridgehead atoms. The van der Waals surface area contributed by atoms with E-state index in [1.54, 1.807) is 35.1 Å². The molecule has 0 aliphatic carbocycles. The highest BCUT2D eigenvalue weighted by molar-refractivity contribution is 9.10. The molecule has 3 aromatic heterocycles. The van der Waals surface area contributed by atoms with Crippen LogP contribution in [0.4, 0.5) is 5.69 Å². The summed E-state index contributed by atoms with van der Waals surface area (Å²) in [5.74, 6) is 0. The predicted molar refractivity (Wildman–Crippen MR) is 112 cm³/mol. The quantitative estimate of drug-likeness (QED) is 0.383. The van der Waals surface area contributed by atoms with E-state index in [0.717, 1.165) is 31.8 Å². The summed E-state index contributed by atoms with van der Waals surface area (Å²) in [7, 11) is 0. The molecule has 128 valence electrons. The van der Waals surface area contributed by atoms with Crippen molar-refractivity contribution in [3.63, 3.8) is 0 Å². The number of hydrogen-bond acceptors (Lipinski definition) is 5. The molecule has 0 saturated heterocycles. The van der Waals surface area contributed by atoms with Crippen LogP contribution in [0.15, 0.2) is 85.6 Å². The van der Waals surface area contributed by atoms with Gasteiger partial charge in [-0.1, -0.05) is 28.1 Å². The van der Waals surface area contributed by atoms with Crippen molar-refractivity contribution in [1.29, 1.82) is 0 Å². The average molecular weight is 441 g/mol. The largest absolute Gasteiger partial charge is 0.262 e. The number of nitrogens with zero attached hydrogens (tertiary/aromatic N) is 4. The topological polar surface area (TPSA) is 42.5 Å². The monoisotopic (exact) mass is 440 g/mol. The Morgan fingerprint density at radius 2 is 2.08 bits per heavy atom. The Morgan fingerprint density at radius 1 is 1.12 bits per heavy atom. The highest BCUT2D eigenvalue weighted by atomic mass is 79.9. The summed E-state index contributed by atoms with van der Waals surface area (Å²) in [6.07, 6.45) is 5.33. The number of rotatable bonds is 4. The van der Waals surface area contributed by atoms with Gasteiger partial charge in [-0.05, 0) is 41.1 Å². The fourth-order valence-electron chi connectivity index (χ4n) is 2.34. The van der Waals surface area contributed by atoms with Gasteiger partial charge in [-0.25, -0.2) is 9.67 Å². The van der Waals surface area contributed by atoms with Crippen LogP contribution in [0.3, 0.4) is 0 Å². The Morgan fingerprint density at radius 3 is 2.85 bits per heavy atom. The number of halogens is 1. The standard InChI is InChI=1S/C19H13BrN4S2/c20-16-4-1-3-15(9-16)18-13-26-19(23-17-5-2-7-21-11-17)24(18)22-10-14-6-8-25-12-14/h1-13H. The van der Waals surface area contributed by atoms with Crippen LogP contribution in [0.5, 0.6) is 0 Å². The van der Waals surface area contributed by atoms with Gasteiger partial charge in [0.1, 0.15) is 0 Å². The van der Waals surface area contributed by atoms with Gasteiger partial charge in [0.05, 0.1) is 23.8 Å². The molecular weight excluding hydrogens is 428 g/mol. The molecule has 3 heterocycles. The zero-order valence-corrected chi connectivity index (χ0v) is 16.7. The Labute approximate surface area is 167 Å². The first-order chi connectivity index (χ1) is 12.8. The fraction of sp³-hybridized carbons (Fsp3) is 0. The lowest BCUT2D eigenvalue weighted by atomic mass is 10.2. The van der Waals surface area contributed by atoms with Crippen LogP contribution >= 0.6 is 38.6 Å². The molecule has 0 saturated carbocycles. The summed E-state index contributed by atoms with van der Waals surface area (Å²) >= 11 is 6.74. The normalized spacial score (nSPS) is 12.1. The molecule has 0 unspecified atom stereocenters. The summed E-state index contributed by atoms with van der Waals surface area (Å²) in [6.45, 7) is 0. The van der Waals surface area contributed by atoms with Gasteiger partial charge in [0.25, 0.3) is 0 Å². The maximum atomic E-state index is 4.71. The summed E-state index contributed by atoms with van der Waals surface area (Å²) in [4.78, 5) is 9.63. The van der Waals surface area contributed by atoms with Gasteiger partial charge in [0.2, 0.25) is 4.80 Å². The molecule has 0 amide bonds. The molecule has 0 aliphatic rings. The molecule has 0 aliphatic heterocycles. The van der Waals surface area contributed by atoms with Crippen molar-refractivity contribution < 1.29 is 0 Å². The van der Waals surface area contributed by atoms with Gasteiger partial charge in [-0.3, -0.25) is 4.98 Å². The number of pyridine rings is 1. The first kappa shape index (κ1) is 17.1. The highest BCUT2D eigenvalue weighted by Gasteiger charge is 2.08. The highest BCUT2D eigenvalue weighted by Crippen LogP contribution is 2.24. The van der Waals surface area contributed by atoms with Crippen LogP contribution in [0.2, 0.25) is 0 Å². The first-order valence-electron chi connectivity index (χ1n) is 7.77. The molecule has 0 atom stereocenters. The molecule has 4 nitrogen and oxygen atoms in total. The van der Waals surface area contributed by atoms with E-state index in [1.807, 2.05) is 46.6 Å². The Bertz CT molecular complexity index is 1100. The third kappa shape index (κ3) is 3.90. The lowest BCUT2D eigenvalue weighted by Gasteiger charge is -2.04. The van der Waals surface area contributed by atoms with Gasteiger partial charge in [0, 0.05) is 27.2 Å². The summed E-state index contributed by atoms with van der Waals surface area (Å²) < 4.78 is 2.90. The second-order valence-electron chi connectivity index (χ2n) is 5.35. The van der Waals surface area contributed by atoms with Crippen molar-refractivity contribution in [3.8, 4) is 11.3 Å². The van der Waals surface area contributed by atoms with Crippen molar-refractivity contribution in [2.75, 3.05) is 0 Å². The van der Waals surface area contributed by atoms with Crippen molar-refractivity contribution in [1.82, 2.24) is 9.66 Å². The van der Waals surface area contributed by atoms with E-state index < -0.39 is 0 Å². The molecular formula is C19H13BrN4S2. The zero-order chi connectivity index (χ0) is 17.8. The molecule has 4 rings (SSSR count). The van der Waals surface area contributed by atoms with Crippen molar-refractivity contribution >= 4 is 50.5 Å². The molecule has 0 spiro atoms. The lowest BCUT2D eigenvalue weighted by molar-refractivity contribution is 0.854. The third-order valence-electron chi connectivity index (χ3n) is 3.54. The summed E-state index contributed by atoms with van der Waals surface area (Å²) in [5, 5.41) is 10.9. The van der Waals surface area contributed by atoms with Gasteiger partial charge >= 0.3 is 0 Å². The lowest BCUT2D eigenvalue weighted by Crippen LogP contribution is -2.11. The first-order valence-corrected chi connectivity index (χ1v) is 10.4. The van der Waals surface area contributed by atoms with Gasteiger partial charge in [0.15, 0.2) is 0 Å². The molecule has 7 heteroatoms. The fourth-order valence-corrected chi connectivity index (χ4v) is 4.20. The number of hydrogen-bond donors (Lipinski definition) is 0. The van der Waals surface area contributed by atoms with E-state index >= 15 is 0 Å². The third-order valence-corrected chi connectivity index (χ3v) is 5.55. The maximum Gasteiger partial charge on any atom is 0.211 e. The van der Waals surface area contributed by atoms with Crippen LogP contribution in [-0.2, 0) is 0 Å². The van der Waals surface area contributed by atoms with E-state index in [1.165, 1.54) is 0 Å². The summed E-state index contributed by atoms with van der Waals surface area (Å²) in [5.41, 5.74) is 3.94. The second-order valence-corrected chi connectivity index (χ2v) is 7.88. The maximum absolute atomic E-state index is 4.71. The number of aromatic nitrogens is 2. The van der Waals surface area contributed by atoms with E-state index in [9.17, 15) is 0 Å². The van der Waals surface area contributed by atoms with Crippen LogP contribution in [0, 0.1) is 0 Å². The van der Waals surface area contributed by atoms with Crippen molar-refractivity contribution in [2.45, 2.75) is 0 Å². The smallest absolute Gasteiger partial charge is 0.211 e. The number of thiazole rings is 1. The van der Waals surface area contributed by atoms with E-state index in [4.69, 9.17) is 10.1 Å². The molecule has 0 radical (unpaired) electrons. The molecule has 0 N–H and O–H groups in total.